The van der Waals surface area contributed by atoms with E-state index in [4.69, 9.17) is 0 Å². The Labute approximate surface area is 140 Å². The highest BCUT2D eigenvalue weighted by Crippen LogP contribution is 2.40. The minimum Gasteiger partial charge on any atom is -0.350 e. The van der Waals surface area contributed by atoms with Gasteiger partial charge in [0, 0.05) is 43.4 Å². The summed E-state index contributed by atoms with van der Waals surface area (Å²) in [6, 6.07) is 2.44. The number of rotatable bonds is 3. The van der Waals surface area contributed by atoms with Crippen molar-refractivity contribution < 1.29 is 9.72 Å². The summed E-state index contributed by atoms with van der Waals surface area (Å²) < 4.78 is 0. The van der Waals surface area contributed by atoms with Crippen LogP contribution in [-0.4, -0.2) is 45.9 Å². The number of aryl methyl sites for hydroxylation is 1. The van der Waals surface area contributed by atoms with Crippen molar-refractivity contribution >= 4 is 17.4 Å². The number of likely N-dealkylation sites (tertiary alicyclic amines) is 1. The molecule has 2 aliphatic heterocycles. The van der Waals surface area contributed by atoms with Crippen molar-refractivity contribution in [2.24, 2.45) is 5.92 Å². The number of carbonyl (C=O) groups is 1. The van der Waals surface area contributed by atoms with Crippen molar-refractivity contribution in [3.8, 4) is 0 Å². The van der Waals surface area contributed by atoms with Gasteiger partial charge in [0.15, 0.2) is 0 Å². The number of anilines is 1. The fourth-order valence-electron chi connectivity index (χ4n) is 4.31. The van der Waals surface area contributed by atoms with Crippen LogP contribution in [0.3, 0.4) is 0 Å². The van der Waals surface area contributed by atoms with Crippen LogP contribution in [0.15, 0.2) is 12.3 Å². The summed E-state index contributed by atoms with van der Waals surface area (Å²) >= 11 is 0. The summed E-state index contributed by atoms with van der Waals surface area (Å²) in [5, 5.41) is 11.4. The lowest BCUT2D eigenvalue weighted by atomic mass is 9.83. The second-order valence-electron chi connectivity index (χ2n) is 7.19. The first kappa shape index (κ1) is 15.4. The Hall–Kier alpha value is -2.18. The van der Waals surface area contributed by atoms with Gasteiger partial charge in [0.05, 0.1) is 4.92 Å². The van der Waals surface area contributed by atoms with Crippen LogP contribution < -0.4 is 4.90 Å². The van der Waals surface area contributed by atoms with Gasteiger partial charge in [-0.05, 0) is 44.6 Å². The molecule has 1 amide bonds. The Morgan fingerprint density at radius 3 is 2.79 bits per heavy atom. The Bertz CT molecular complexity index is 688. The molecule has 1 aromatic heterocycles. The highest BCUT2D eigenvalue weighted by Gasteiger charge is 2.45. The molecule has 1 aromatic rings. The highest BCUT2D eigenvalue weighted by molar-refractivity contribution is 5.78. The van der Waals surface area contributed by atoms with E-state index in [0.29, 0.717) is 41.7 Å². The molecule has 3 heterocycles. The first-order valence-corrected chi connectivity index (χ1v) is 8.72. The Balaban J connectivity index is 1.58. The number of hydrogen-bond acceptors (Lipinski definition) is 5. The molecule has 0 spiro atoms. The number of aromatic nitrogens is 1. The van der Waals surface area contributed by atoms with Crippen LogP contribution in [-0.2, 0) is 4.79 Å². The summed E-state index contributed by atoms with van der Waals surface area (Å²) in [7, 11) is 0. The van der Waals surface area contributed by atoms with E-state index in [0.717, 1.165) is 38.8 Å². The molecule has 0 radical (unpaired) electrons. The van der Waals surface area contributed by atoms with Crippen molar-refractivity contribution in [3.63, 3.8) is 0 Å². The Morgan fingerprint density at radius 2 is 2.08 bits per heavy atom. The first-order valence-electron chi connectivity index (χ1n) is 8.72. The van der Waals surface area contributed by atoms with E-state index in [2.05, 4.69) is 9.88 Å². The van der Waals surface area contributed by atoms with Crippen LogP contribution in [0.25, 0.3) is 0 Å². The molecule has 128 valence electrons. The van der Waals surface area contributed by atoms with E-state index in [9.17, 15) is 14.9 Å². The molecule has 2 atom stereocenters. The number of fused-ring (bicyclic) bond motifs is 1. The van der Waals surface area contributed by atoms with E-state index in [1.165, 1.54) is 0 Å². The van der Waals surface area contributed by atoms with Gasteiger partial charge >= 0.3 is 5.69 Å². The smallest absolute Gasteiger partial charge is 0.314 e. The normalized spacial score (nSPS) is 27.1. The topological polar surface area (TPSA) is 79.6 Å². The van der Waals surface area contributed by atoms with E-state index >= 15 is 0 Å². The van der Waals surface area contributed by atoms with Gasteiger partial charge in [0.1, 0.15) is 0 Å². The lowest BCUT2D eigenvalue weighted by molar-refractivity contribution is -0.384. The number of nitro groups is 1. The van der Waals surface area contributed by atoms with Gasteiger partial charge in [0.2, 0.25) is 11.7 Å². The summed E-state index contributed by atoms with van der Waals surface area (Å²) in [4.78, 5) is 31.9. The van der Waals surface area contributed by atoms with Gasteiger partial charge in [-0.15, -0.1) is 0 Å². The maximum Gasteiger partial charge on any atom is 0.314 e. The van der Waals surface area contributed by atoms with E-state index < -0.39 is 0 Å². The Kier molecular flexibility index (Phi) is 3.66. The third-order valence-corrected chi connectivity index (χ3v) is 5.60. The van der Waals surface area contributed by atoms with Crippen LogP contribution in [0.5, 0.6) is 0 Å². The zero-order valence-corrected chi connectivity index (χ0v) is 13.9. The largest absolute Gasteiger partial charge is 0.350 e. The molecular weight excluding hydrogens is 308 g/mol. The van der Waals surface area contributed by atoms with E-state index in [1.807, 2.05) is 4.90 Å². The minimum atomic E-state index is -0.329. The van der Waals surface area contributed by atoms with Crippen molar-refractivity contribution in [1.82, 2.24) is 9.88 Å². The van der Waals surface area contributed by atoms with Crippen LogP contribution >= 0.6 is 0 Å². The quantitative estimate of drug-likeness (QED) is 0.627. The molecule has 7 nitrogen and oxygen atoms in total. The molecule has 0 N–H and O–H groups in total. The molecule has 3 aliphatic rings. The third-order valence-electron chi connectivity index (χ3n) is 5.60. The summed E-state index contributed by atoms with van der Waals surface area (Å²) in [5.41, 5.74) is 0.757. The molecule has 0 bridgehead atoms. The second-order valence-corrected chi connectivity index (χ2v) is 7.19. The number of pyridine rings is 1. The molecule has 4 rings (SSSR count). The highest BCUT2D eigenvalue weighted by atomic mass is 16.6. The van der Waals surface area contributed by atoms with Gasteiger partial charge in [0.25, 0.3) is 0 Å². The molecular formula is C17H22N4O3. The number of nitrogens with zero attached hydrogens (tertiary/aromatic N) is 4. The number of hydrogen-bond donors (Lipinski definition) is 0. The van der Waals surface area contributed by atoms with Gasteiger partial charge in [-0.1, -0.05) is 0 Å². The van der Waals surface area contributed by atoms with Crippen LogP contribution in [0.4, 0.5) is 11.5 Å². The molecule has 1 aliphatic carbocycles. The molecule has 0 aromatic carbocycles. The maximum absolute atomic E-state index is 12.3. The predicted molar refractivity (Wildman–Crippen MR) is 88.8 cm³/mol. The van der Waals surface area contributed by atoms with Crippen molar-refractivity contribution in [2.45, 2.75) is 51.1 Å². The summed E-state index contributed by atoms with van der Waals surface area (Å²) in [6.45, 7) is 3.22. The number of piperidine rings is 2. The molecule has 0 unspecified atom stereocenters. The summed E-state index contributed by atoms with van der Waals surface area (Å²) in [6.07, 6.45) is 6.26. The molecule has 24 heavy (non-hydrogen) atoms. The molecule has 2 saturated heterocycles. The van der Waals surface area contributed by atoms with Gasteiger partial charge in [-0.25, -0.2) is 4.98 Å². The van der Waals surface area contributed by atoms with E-state index in [1.54, 1.807) is 19.2 Å². The molecule has 3 fully saturated rings. The summed E-state index contributed by atoms with van der Waals surface area (Å²) in [5.74, 6) is 1.17. The average molecular weight is 330 g/mol. The lowest BCUT2D eigenvalue weighted by Gasteiger charge is -2.47. The third kappa shape index (κ3) is 2.52. The van der Waals surface area contributed by atoms with Crippen LogP contribution in [0, 0.1) is 23.0 Å². The lowest BCUT2D eigenvalue weighted by Crippen LogP contribution is -2.57. The zero-order valence-electron chi connectivity index (χ0n) is 13.9. The first-order chi connectivity index (χ1) is 11.6. The number of carbonyl (C=O) groups excluding carboxylic acids is 1. The Morgan fingerprint density at radius 1 is 1.29 bits per heavy atom. The van der Waals surface area contributed by atoms with Gasteiger partial charge in [-0.2, -0.15) is 0 Å². The van der Waals surface area contributed by atoms with Crippen molar-refractivity contribution in [2.75, 3.05) is 18.0 Å². The van der Waals surface area contributed by atoms with Crippen LogP contribution in [0.1, 0.15) is 37.7 Å². The van der Waals surface area contributed by atoms with Crippen molar-refractivity contribution in [1.29, 1.82) is 0 Å². The zero-order chi connectivity index (χ0) is 16.8. The fraction of sp³-hybridized carbons (Fsp3) is 0.647. The van der Waals surface area contributed by atoms with E-state index in [-0.39, 0.29) is 10.6 Å². The van der Waals surface area contributed by atoms with Crippen molar-refractivity contribution in [3.05, 3.63) is 27.9 Å². The van der Waals surface area contributed by atoms with Gasteiger partial charge < -0.3 is 9.80 Å². The molecule has 7 heteroatoms. The fourth-order valence-corrected chi connectivity index (χ4v) is 4.31. The average Bonchev–Trinajstić information content (AvgIpc) is 3.38. The second kappa shape index (κ2) is 5.72. The molecule has 1 saturated carbocycles. The van der Waals surface area contributed by atoms with Crippen LogP contribution in [0.2, 0.25) is 0 Å². The number of amides is 1. The van der Waals surface area contributed by atoms with Gasteiger partial charge in [-0.3, -0.25) is 14.9 Å². The predicted octanol–water partition coefficient (Wildman–Crippen LogP) is 2.28. The SMILES string of the molecule is Cc1ccnc(N2CC[C@H]3[C@@H](CCC(=O)N3C3CC3)C2)c1[N+](=O)[O-]. The standard InChI is InChI=1S/C17H22N4O3/c1-11-6-8-18-17(16(11)21(23)24)19-9-7-14-12(10-19)2-5-15(22)20(14)13-3-4-13/h6,8,12-14H,2-5,7,9-10H2,1H3/t12-,14-/m0/s1. The minimum absolute atomic E-state index is 0.113. The maximum atomic E-state index is 12.3. The monoisotopic (exact) mass is 330 g/mol.